The molecule has 3 aromatic carbocycles. The van der Waals surface area contributed by atoms with Crippen LogP contribution in [-0.2, 0) is 13.0 Å². The summed E-state index contributed by atoms with van der Waals surface area (Å²) in [5.41, 5.74) is 6.15. The van der Waals surface area contributed by atoms with Crippen molar-refractivity contribution in [1.82, 2.24) is 24.6 Å². The number of nitrogens with one attached hydrogen (secondary N) is 1. The Morgan fingerprint density at radius 2 is 1.79 bits per heavy atom. The molecule has 1 atom stereocenters. The zero-order chi connectivity index (χ0) is 25.9. The van der Waals surface area contributed by atoms with Crippen molar-refractivity contribution in [2.45, 2.75) is 32.4 Å². The van der Waals surface area contributed by atoms with E-state index in [2.05, 4.69) is 73.5 Å². The van der Waals surface area contributed by atoms with E-state index in [9.17, 15) is 0 Å². The second-order valence-electron chi connectivity index (χ2n) is 9.84. The molecule has 0 radical (unpaired) electrons. The summed E-state index contributed by atoms with van der Waals surface area (Å²) < 4.78 is 7.51. The average molecular weight is 504 g/mol. The molecule has 8 heteroatoms. The quantitative estimate of drug-likeness (QED) is 0.317. The fraction of sp³-hybridized carbons (Fsp3) is 0.267. The molecule has 0 bridgehead atoms. The van der Waals surface area contributed by atoms with E-state index < -0.39 is 0 Å². The lowest BCUT2D eigenvalue weighted by atomic mass is 10.1. The summed E-state index contributed by atoms with van der Waals surface area (Å²) in [5, 5.41) is 16.7. The van der Waals surface area contributed by atoms with Gasteiger partial charge in [-0.3, -0.25) is 0 Å². The summed E-state index contributed by atoms with van der Waals surface area (Å²) in [6.07, 6.45) is 2.07. The van der Waals surface area contributed by atoms with Crippen molar-refractivity contribution in [3.63, 3.8) is 0 Å². The summed E-state index contributed by atoms with van der Waals surface area (Å²) in [7, 11) is 0. The molecule has 1 aliphatic heterocycles. The van der Waals surface area contributed by atoms with Gasteiger partial charge in [-0.05, 0) is 67.3 Å². The minimum atomic E-state index is 0.342. The van der Waals surface area contributed by atoms with Crippen LogP contribution in [0.15, 0.2) is 77.3 Å². The van der Waals surface area contributed by atoms with Crippen molar-refractivity contribution in [3.05, 3.63) is 95.3 Å². The highest BCUT2D eigenvalue weighted by molar-refractivity contribution is 5.78. The number of likely N-dealkylation sites (tertiary alicyclic amines) is 1. The van der Waals surface area contributed by atoms with Crippen molar-refractivity contribution >= 4 is 17.0 Å². The minimum Gasteiger partial charge on any atom is -0.352 e. The van der Waals surface area contributed by atoms with Gasteiger partial charge in [-0.25, -0.2) is 4.98 Å². The zero-order valence-corrected chi connectivity index (χ0v) is 21.3. The van der Waals surface area contributed by atoms with Crippen molar-refractivity contribution in [3.8, 4) is 17.5 Å². The number of hydrogen-bond acceptors (Lipinski definition) is 7. The molecular weight excluding hydrogens is 474 g/mol. The number of fused-ring (bicyclic) bond motifs is 1. The number of rotatable bonds is 8. The van der Waals surface area contributed by atoms with E-state index in [1.165, 1.54) is 5.56 Å². The van der Waals surface area contributed by atoms with Crippen LogP contribution in [0.5, 0.6) is 0 Å². The predicted octanol–water partition coefficient (Wildman–Crippen LogP) is 5.04. The Labute approximate surface area is 221 Å². The van der Waals surface area contributed by atoms with Gasteiger partial charge in [-0.15, -0.1) is 0 Å². The predicted molar refractivity (Wildman–Crippen MR) is 147 cm³/mol. The molecule has 2 aromatic heterocycles. The first-order valence-electron chi connectivity index (χ1n) is 13.0. The maximum absolute atomic E-state index is 9.12. The maximum Gasteiger partial charge on any atom is 0.257 e. The highest BCUT2D eigenvalue weighted by atomic mass is 16.5. The molecule has 0 aliphatic carbocycles. The van der Waals surface area contributed by atoms with E-state index in [0.717, 1.165) is 60.6 Å². The highest BCUT2D eigenvalue weighted by Crippen LogP contribution is 2.24. The first-order valence-corrected chi connectivity index (χ1v) is 13.0. The van der Waals surface area contributed by atoms with Gasteiger partial charge in [0.05, 0.1) is 29.2 Å². The Bertz CT molecular complexity index is 1580. The van der Waals surface area contributed by atoms with Crippen LogP contribution in [0.1, 0.15) is 28.9 Å². The van der Waals surface area contributed by atoms with Gasteiger partial charge in [-0.1, -0.05) is 41.6 Å². The molecule has 0 spiro atoms. The van der Waals surface area contributed by atoms with Crippen LogP contribution in [0.2, 0.25) is 0 Å². The number of nitriles is 1. The summed E-state index contributed by atoms with van der Waals surface area (Å²) in [6.45, 7) is 5.58. The molecule has 1 aliphatic rings. The molecule has 190 valence electrons. The number of hydrogen-bond donors (Lipinski definition) is 1. The van der Waals surface area contributed by atoms with Crippen LogP contribution >= 0.6 is 0 Å². The van der Waals surface area contributed by atoms with Gasteiger partial charge in [0.15, 0.2) is 5.82 Å². The second kappa shape index (κ2) is 10.5. The van der Waals surface area contributed by atoms with Crippen LogP contribution in [0.25, 0.3) is 22.5 Å². The molecule has 0 unspecified atom stereocenters. The molecule has 1 fully saturated rings. The van der Waals surface area contributed by atoms with Gasteiger partial charge in [0.25, 0.3) is 5.89 Å². The standard InChI is InChI=1S/C30H29N7O/c1-21-32-29(38-35-21)25-12-10-22(11-13-25)14-16-36-17-15-26(20-36)33-30-34-27-4-2-3-5-28(27)37(30)19-24-8-6-23(18-31)7-9-24/h2-13,26H,14-17,19-20H2,1H3,(H,33,34)/t26-/m0/s1. The second-order valence-corrected chi connectivity index (χ2v) is 9.84. The number of benzene rings is 3. The molecule has 0 saturated carbocycles. The lowest BCUT2D eigenvalue weighted by Gasteiger charge is -2.18. The normalized spacial score (nSPS) is 15.6. The Morgan fingerprint density at radius 1 is 1.00 bits per heavy atom. The first-order chi connectivity index (χ1) is 18.6. The third-order valence-corrected chi connectivity index (χ3v) is 7.13. The molecular formula is C30H29N7O. The number of aryl methyl sites for hydroxylation is 1. The van der Waals surface area contributed by atoms with E-state index in [0.29, 0.717) is 29.9 Å². The lowest BCUT2D eigenvalue weighted by molar-refractivity contribution is 0.340. The number of imidazole rings is 1. The molecule has 1 N–H and O–H groups in total. The number of para-hydroxylation sites is 2. The smallest absolute Gasteiger partial charge is 0.257 e. The molecule has 5 aromatic rings. The van der Waals surface area contributed by atoms with Crippen molar-refractivity contribution in [2.75, 3.05) is 25.0 Å². The van der Waals surface area contributed by atoms with E-state index >= 15 is 0 Å². The van der Waals surface area contributed by atoms with Crippen molar-refractivity contribution in [2.24, 2.45) is 0 Å². The van der Waals surface area contributed by atoms with Crippen LogP contribution in [-0.4, -0.2) is 50.3 Å². The van der Waals surface area contributed by atoms with Crippen LogP contribution in [0.4, 0.5) is 5.95 Å². The Balaban J connectivity index is 1.09. The molecule has 0 amide bonds. The fourth-order valence-electron chi connectivity index (χ4n) is 5.06. The topological polar surface area (TPSA) is 95.8 Å². The van der Waals surface area contributed by atoms with E-state index in [1.807, 2.05) is 37.3 Å². The zero-order valence-electron chi connectivity index (χ0n) is 21.3. The number of aromatic nitrogens is 4. The number of anilines is 1. The third-order valence-electron chi connectivity index (χ3n) is 7.13. The SMILES string of the molecule is Cc1noc(-c2ccc(CCN3CC[C@H](Nc4nc5ccccc5n4Cc4ccc(C#N)cc4)C3)cc2)n1. The Kier molecular flexibility index (Phi) is 6.59. The molecule has 3 heterocycles. The van der Waals surface area contributed by atoms with Crippen molar-refractivity contribution < 1.29 is 4.52 Å². The first kappa shape index (κ1) is 23.9. The third kappa shape index (κ3) is 5.15. The Hall–Kier alpha value is -4.48. The largest absolute Gasteiger partial charge is 0.352 e. The summed E-state index contributed by atoms with van der Waals surface area (Å²) in [4.78, 5) is 11.7. The monoisotopic (exact) mass is 503 g/mol. The molecule has 6 rings (SSSR count). The van der Waals surface area contributed by atoms with E-state index in [4.69, 9.17) is 14.8 Å². The van der Waals surface area contributed by atoms with Gasteiger partial charge in [-0.2, -0.15) is 10.2 Å². The van der Waals surface area contributed by atoms with Crippen LogP contribution < -0.4 is 5.32 Å². The van der Waals surface area contributed by atoms with Gasteiger partial charge in [0.2, 0.25) is 5.95 Å². The van der Waals surface area contributed by atoms with Crippen LogP contribution in [0.3, 0.4) is 0 Å². The molecule has 1 saturated heterocycles. The maximum atomic E-state index is 9.12. The minimum absolute atomic E-state index is 0.342. The molecule has 38 heavy (non-hydrogen) atoms. The van der Waals surface area contributed by atoms with Crippen molar-refractivity contribution in [1.29, 1.82) is 5.26 Å². The summed E-state index contributed by atoms with van der Waals surface area (Å²) >= 11 is 0. The molecule has 8 nitrogen and oxygen atoms in total. The summed E-state index contributed by atoms with van der Waals surface area (Å²) in [6, 6.07) is 27.0. The fourth-order valence-corrected chi connectivity index (χ4v) is 5.06. The van der Waals surface area contributed by atoms with Crippen LogP contribution in [0, 0.1) is 18.3 Å². The average Bonchev–Trinajstić information content (AvgIpc) is 3.68. The highest BCUT2D eigenvalue weighted by Gasteiger charge is 2.24. The van der Waals surface area contributed by atoms with Gasteiger partial charge in [0, 0.05) is 31.2 Å². The van der Waals surface area contributed by atoms with Gasteiger partial charge in [0.1, 0.15) is 0 Å². The number of nitrogens with zero attached hydrogens (tertiary/aromatic N) is 6. The van der Waals surface area contributed by atoms with Gasteiger partial charge >= 0.3 is 0 Å². The Morgan fingerprint density at radius 3 is 2.55 bits per heavy atom. The van der Waals surface area contributed by atoms with E-state index in [1.54, 1.807) is 0 Å². The summed E-state index contributed by atoms with van der Waals surface area (Å²) in [5.74, 6) is 2.10. The lowest BCUT2D eigenvalue weighted by Crippen LogP contribution is -2.28. The van der Waals surface area contributed by atoms with E-state index in [-0.39, 0.29) is 0 Å². The van der Waals surface area contributed by atoms with Gasteiger partial charge < -0.3 is 19.3 Å².